The number of halogens is 1. The summed E-state index contributed by atoms with van der Waals surface area (Å²) in [5, 5.41) is 13.0. The van der Waals surface area contributed by atoms with Crippen molar-refractivity contribution in [3.63, 3.8) is 0 Å². The Labute approximate surface area is 181 Å². The van der Waals surface area contributed by atoms with Gasteiger partial charge in [0.05, 0.1) is 7.11 Å². The molecule has 0 spiro atoms. The topological polar surface area (TPSA) is 67.0 Å². The Morgan fingerprint density at radius 2 is 1.83 bits per heavy atom. The quantitative estimate of drug-likeness (QED) is 0.431. The smallest absolute Gasteiger partial charge is 0.266 e. The molecule has 0 fully saturated rings. The molecule has 30 heavy (non-hydrogen) atoms. The predicted molar refractivity (Wildman–Crippen MR) is 120 cm³/mol. The Morgan fingerprint density at radius 1 is 1.13 bits per heavy atom. The van der Waals surface area contributed by atoms with Crippen molar-refractivity contribution in [1.29, 1.82) is 5.26 Å². The number of anilines is 1. The van der Waals surface area contributed by atoms with Crippen LogP contribution in [0.3, 0.4) is 0 Å². The van der Waals surface area contributed by atoms with Gasteiger partial charge >= 0.3 is 0 Å². The van der Waals surface area contributed by atoms with Crippen LogP contribution in [0.1, 0.15) is 22.5 Å². The monoisotopic (exact) mass is 419 g/mol. The molecule has 0 aliphatic heterocycles. The molecule has 0 unspecified atom stereocenters. The second-order valence-electron chi connectivity index (χ2n) is 6.95. The van der Waals surface area contributed by atoms with Crippen molar-refractivity contribution < 1.29 is 9.53 Å². The third kappa shape index (κ3) is 4.40. The van der Waals surface area contributed by atoms with Crippen molar-refractivity contribution in [2.24, 2.45) is 0 Å². The fourth-order valence-corrected chi connectivity index (χ4v) is 3.40. The second kappa shape index (κ2) is 8.89. The van der Waals surface area contributed by atoms with Crippen LogP contribution in [0, 0.1) is 32.1 Å². The number of aromatic nitrogens is 1. The van der Waals surface area contributed by atoms with Gasteiger partial charge in [0.15, 0.2) is 0 Å². The maximum Gasteiger partial charge on any atom is 0.266 e. The number of aryl methyl sites for hydroxylation is 2. The second-order valence-corrected chi connectivity index (χ2v) is 7.36. The first kappa shape index (κ1) is 21.2. The summed E-state index contributed by atoms with van der Waals surface area (Å²) in [6.07, 6.45) is 1.60. The lowest BCUT2D eigenvalue weighted by Gasteiger charge is -2.11. The number of methoxy groups -OCH3 is 1. The summed E-state index contributed by atoms with van der Waals surface area (Å²) in [6, 6.07) is 16.7. The van der Waals surface area contributed by atoms with E-state index in [0.29, 0.717) is 16.5 Å². The molecule has 0 saturated heterocycles. The first-order valence-electron chi connectivity index (χ1n) is 9.36. The van der Waals surface area contributed by atoms with Gasteiger partial charge in [0, 0.05) is 27.8 Å². The van der Waals surface area contributed by atoms with Crippen LogP contribution < -0.4 is 10.1 Å². The van der Waals surface area contributed by atoms with Crippen molar-refractivity contribution >= 4 is 29.3 Å². The van der Waals surface area contributed by atoms with Crippen LogP contribution in [0.4, 0.5) is 5.69 Å². The highest BCUT2D eigenvalue weighted by Gasteiger charge is 2.14. The van der Waals surface area contributed by atoms with E-state index in [0.717, 1.165) is 28.2 Å². The van der Waals surface area contributed by atoms with E-state index in [1.54, 1.807) is 37.5 Å². The standard InChI is InChI=1S/C24H22ClN3O2/c1-15-5-8-21(13-23(15)25)28-16(2)11-18(17(28)3)12-19(14-26)24(29)27-20-6-9-22(30-4)10-7-20/h5-13H,1-4H3,(H,27,29)/b19-12-. The van der Waals surface area contributed by atoms with Gasteiger partial charge in [-0.15, -0.1) is 0 Å². The molecular weight excluding hydrogens is 398 g/mol. The molecule has 1 aromatic heterocycles. The van der Waals surface area contributed by atoms with E-state index in [4.69, 9.17) is 16.3 Å². The largest absolute Gasteiger partial charge is 0.497 e. The van der Waals surface area contributed by atoms with Gasteiger partial charge in [-0.05, 0) is 80.4 Å². The highest BCUT2D eigenvalue weighted by Crippen LogP contribution is 2.26. The fraction of sp³-hybridized carbons (Fsp3) is 0.167. The van der Waals surface area contributed by atoms with E-state index >= 15 is 0 Å². The number of ether oxygens (including phenoxy) is 1. The van der Waals surface area contributed by atoms with Gasteiger partial charge < -0.3 is 14.6 Å². The van der Waals surface area contributed by atoms with E-state index in [1.165, 1.54) is 0 Å². The Kier molecular flexibility index (Phi) is 6.29. The summed E-state index contributed by atoms with van der Waals surface area (Å²) < 4.78 is 7.16. The summed E-state index contributed by atoms with van der Waals surface area (Å²) >= 11 is 6.29. The lowest BCUT2D eigenvalue weighted by Crippen LogP contribution is -2.13. The average Bonchev–Trinajstić information content (AvgIpc) is 3.01. The van der Waals surface area contributed by atoms with Crippen LogP contribution in [0.5, 0.6) is 5.75 Å². The normalized spacial score (nSPS) is 11.1. The van der Waals surface area contributed by atoms with Crippen molar-refractivity contribution in [3.8, 4) is 17.5 Å². The van der Waals surface area contributed by atoms with Crippen molar-refractivity contribution in [2.75, 3.05) is 12.4 Å². The minimum absolute atomic E-state index is 0.0213. The maximum atomic E-state index is 12.6. The van der Waals surface area contributed by atoms with Crippen LogP contribution in [0.15, 0.2) is 54.1 Å². The van der Waals surface area contributed by atoms with E-state index in [9.17, 15) is 10.1 Å². The van der Waals surface area contributed by atoms with E-state index in [2.05, 4.69) is 5.32 Å². The number of carbonyl (C=O) groups is 1. The van der Waals surface area contributed by atoms with E-state index in [-0.39, 0.29) is 5.57 Å². The molecule has 1 heterocycles. The first-order valence-corrected chi connectivity index (χ1v) is 9.74. The van der Waals surface area contributed by atoms with Crippen LogP contribution in [0.25, 0.3) is 11.8 Å². The zero-order valence-corrected chi connectivity index (χ0v) is 18.0. The molecule has 0 bridgehead atoms. The van der Waals surface area contributed by atoms with Gasteiger partial charge in [0.25, 0.3) is 5.91 Å². The molecule has 0 radical (unpaired) electrons. The molecule has 3 aromatic rings. The minimum atomic E-state index is -0.467. The summed E-state index contributed by atoms with van der Waals surface area (Å²) in [5.74, 6) is 0.221. The minimum Gasteiger partial charge on any atom is -0.497 e. The average molecular weight is 420 g/mol. The van der Waals surface area contributed by atoms with Gasteiger partial charge in [0.2, 0.25) is 0 Å². The Balaban J connectivity index is 1.91. The summed E-state index contributed by atoms with van der Waals surface area (Å²) in [7, 11) is 1.57. The summed E-state index contributed by atoms with van der Waals surface area (Å²) in [6.45, 7) is 5.88. The Hall–Kier alpha value is -3.49. The van der Waals surface area contributed by atoms with Crippen LogP contribution in [0.2, 0.25) is 5.02 Å². The molecular formula is C24H22ClN3O2. The molecule has 0 atom stereocenters. The Bertz CT molecular complexity index is 1170. The van der Waals surface area contributed by atoms with E-state index < -0.39 is 5.91 Å². The summed E-state index contributed by atoms with van der Waals surface area (Å²) in [5.41, 5.74) is 5.23. The number of nitrogens with one attached hydrogen (secondary N) is 1. The number of hydrogen-bond donors (Lipinski definition) is 1. The van der Waals surface area contributed by atoms with Gasteiger partial charge in [-0.2, -0.15) is 5.26 Å². The SMILES string of the molecule is COc1ccc(NC(=O)/C(C#N)=C\c2cc(C)n(-c3ccc(C)c(Cl)c3)c2C)cc1. The van der Waals surface area contributed by atoms with Crippen LogP contribution in [-0.2, 0) is 4.79 Å². The highest BCUT2D eigenvalue weighted by molar-refractivity contribution is 6.31. The van der Waals surface area contributed by atoms with Gasteiger partial charge in [0.1, 0.15) is 17.4 Å². The van der Waals surface area contributed by atoms with E-state index in [1.807, 2.05) is 55.7 Å². The number of carbonyl (C=O) groups excluding carboxylic acids is 1. The lowest BCUT2D eigenvalue weighted by atomic mass is 10.1. The predicted octanol–water partition coefficient (Wildman–Crippen LogP) is 5.61. The molecule has 3 rings (SSSR count). The fourth-order valence-electron chi connectivity index (χ4n) is 3.23. The number of nitrogens with zero attached hydrogens (tertiary/aromatic N) is 2. The Morgan fingerprint density at radius 3 is 2.43 bits per heavy atom. The molecule has 0 aliphatic carbocycles. The van der Waals surface area contributed by atoms with Crippen LogP contribution in [-0.4, -0.2) is 17.6 Å². The van der Waals surface area contributed by atoms with Crippen LogP contribution >= 0.6 is 11.6 Å². The molecule has 0 saturated carbocycles. The molecule has 0 aliphatic rings. The molecule has 1 amide bonds. The van der Waals surface area contributed by atoms with Crippen molar-refractivity contribution in [3.05, 3.63) is 81.6 Å². The van der Waals surface area contributed by atoms with Gasteiger partial charge in [-0.1, -0.05) is 17.7 Å². The third-order valence-corrected chi connectivity index (χ3v) is 5.30. The molecule has 2 aromatic carbocycles. The number of nitriles is 1. The first-order chi connectivity index (χ1) is 14.3. The zero-order valence-electron chi connectivity index (χ0n) is 17.3. The molecule has 152 valence electrons. The highest BCUT2D eigenvalue weighted by atomic mass is 35.5. The van der Waals surface area contributed by atoms with Gasteiger partial charge in [-0.25, -0.2) is 0 Å². The third-order valence-electron chi connectivity index (χ3n) is 4.90. The molecule has 5 nitrogen and oxygen atoms in total. The zero-order chi connectivity index (χ0) is 21.8. The lowest BCUT2D eigenvalue weighted by molar-refractivity contribution is -0.112. The van der Waals surface area contributed by atoms with Gasteiger partial charge in [-0.3, -0.25) is 4.79 Å². The van der Waals surface area contributed by atoms with Crippen molar-refractivity contribution in [1.82, 2.24) is 4.57 Å². The van der Waals surface area contributed by atoms with Crippen molar-refractivity contribution in [2.45, 2.75) is 20.8 Å². The molecule has 1 N–H and O–H groups in total. The maximum absolute atomic E-state index is 12.6. The number of hydrogen-bond acceptors (Lipinski definition) is 3. The number of rotatable bonds is 5. The number of benzene rings is 2. The molecule has 6 heteroatoms. The summed E-state index contributed by atoms with van der Waals surface area (Å²) in [4.78, 5) is 12.6. The number of amides is 1.